The van der Waals surface area contributed by atoms with Gasteiger partial charge in [0.25, 0.3) is 0 Å². The number of aliphatic imine (C=N–C) groups is 1. The molecule has 0 aliphatic rings. The first-order valence-corrected chi connectivity index (χ1v) is 11.8. The molecule has 2 aromatic carbocycles. The van der Waals surface area contributed by atoms with E-state index in [-0.39, 0.29) is 29.6 Å². The van der Waals surface area contributed by atoms with Crippen molar-refractivity contribution in [1.29, 1.82) is 0 Å². The highest BCUT2D eigenvalue weighted by atomic mass is 79.9. The third-order valence-corrected chi connectivity index (χ3v) is 6.95. The summed E-state index contributed by atoms with van der Waals surface area (Å²) in [4.78, 5) is 33.9. The van der Waals surface area contributed by atoms with Gasteiger partial charge in [0.2, 0.25) is 0 Å². The van der Waals surface area contributed by atoms with Crippen LogP contribution in [-0.4, -0.2) is 29.3 Å². The predicted molar refractivity (Wildman–Crippen MR) is 135 cm³/mol. The van der Waals surface area contributed by atoms with Crippen molar-refractivity contribution in [3.8, 4) is 16.2 Å². The van der Waals surface area contributed by atoms with E-state index in [0.717, 1.165) is 19.8 Å². The summed E-state index contributed by atoms with van der Waals surface area (Å²) >= 11 is 5.03. The Labute approximate surface area is 206 Å². The Kier molecular flexibility index (Phi) is 9.06. The number of aryl methyl sites for hydroxylation is 1. The molecule has 0 aliphatic heterocycles. The fourth-order valence-electron chi connectivity index (χ4n) is 3.13. The summed E-state index contributed by atoms with van der Waals surface area (Å²) in [5.41, 5.74) is 5.32. The highest BCUT2D eigenvalue weighted by molar-refractivity contribution is 9.11. The van der Waals surface area contributed by atoms with Crippen molar-refractivity contribution >= 4 is 44.9 Å². The molecule has 33 heavy (non-hydrogen) atoms. The number of thiophene rings is 1. The Morgan fingerprint density at radius 3 is 2.12 bits per heavy atom. The Morgan fingerprint density at radius 2 is 1.61 bits per heavy atom. The maximum atomic E-state index is 12.4. The third-order valence-electron chi connectivity index (χ3n) is 5.05. The SMILES string of the molecule is CC(=NCC(=O)c1ccc(C)cc1)c1c(Br)sc(-c2ccc(C(C)(C)C)cc2)c1O.O=C=O. The fraction of sp³-hybridized carbons (Fsp3) is 0.269. The van der Waals surface area contributed by atoms with E-state index in [9.17, 15) is 9.90 Å². The summed E-state index contributed by atoms with van der Waals surface area (Å²) in [5.74, 6) is 0.151. The van der Waals surface area contributed by atoms with Gasteiger partial charge in [-0.25, -0.2) is 0 Å². The number of Topliss-reactive ketones (excluding diaryl/α,β-unsaturated/α-hetero) is 1. The molecule has 1 N–H and O–H groups in total. The van der Waals surface area contributed by atoms with E-state index in [0.29, 0.717) is 16.8 Å². The second-order valence-corrected chi connectivity index (χ2v) is 10.9. The highest BCUT2D eigenvalue weighted by Gasteiger charge is 2.21. The first-order valence-electron chi connectivity index (χ1n) is 10.2. The van der Waals surface area contributed by atoms with Crippen LogP contribution in [0.2, 0.25) is 0 Å². The second kappa shape index (κ2) is 11.3. The first kappa shape index (κ1) is 26.4. The number of hydrogen-bond donors (Lipinski definition) is 1. The zero-order valence-electron chi connectivity index (χ0n) is 19.2. The second-order valence-electron chi connectivity index (χ2n) is 8.53. The predicted octanol–water partition coefficient (Wildman–Crippen LogP) is 6.60. The fourth-order valence-corrected chi connectivity index (χ4v) is 5.07. The molecule has 5 nitrogen and oxygen atoms in total. The van der Waals surface area contributed by atoms with Gasteiger partial charge in [0.15, 0.2) is 5.78 Å². The number of benzene rings is 2. The molecule has 0 radical (unpaired) electrons. The number of aromatic hydroxyl groups is 1. The van der Waals surface area contributed by atoms with Crippen LogP contribution in [0.15, 0.2) is 57.3 Å². The van der Waals surface area contributed by atoms with Gasteiger partial charge in [0.1, 0.15) is 12.3 Å². The van der Waals surface area contributed by atoms with E-state index < -0.39 is 0 Å². The molecule has 1 aromatic heterocycles. The molecule has 0 aliphatic carbocycles. The van der Waals surface area contributed by atoms with Gasteiger partial charge in [-0.05, 0) is 46.3 Å². The highest BCUT2D eigenvalue weighted by Crippen LogP contribution is 2.45. The number of carbonyl (C=O) groups excluding carboxylic acids is 3. The zero-order valence-corrected chi connectivity index (χ0v) is 21.6. The van der Waals surface area contributed by atoms with E-state index in [1.54, 1.807) is 0 Å². The Hall–Kier alpha value is -2.86. The van der Waals surface area contributed by atoms with Crippen molar-refractivity contribution in [2.75, 3.05) is 6.54 Å². The molecule has 3 aromatic rings. The van der Waals surface area contributed by atoms with Crippen molar-refractivity contribution in [2.24, 2.45) is 4.99 Å². The molecule has 0 bridgehead atoms. The van der Waals surface area contributed by atoms with Crippen LogP contribution in [-0.2, 0) is 15.0 Å². The molecular weight excluding hydrogens is 502 g/mol. The third kappa shape index (κ3) is 6.81. The number of nitrogens with zero attached hydrogens (tertiary/aromatic N) is 1. The van der Waals surface area contributed by atoms with E-state index in [4.69, 9.17) is 9.59 Å². The van der Waals surface area contributed by atoms with E-state index in [1.165, 1.54) is 16.9 Å². The number of rotatable bonds is 5. The van der Waals surface area contributed by atoms with Gasteiger partial charge >= 0.3 is 6.15 Å². The quantitative estimate of drug-likeness (QED) is 0.299. The van der Waals surface area contributed by atoms with Gasteiger partial charge in [-0.2, -0.15) is 9.59 Å². The van der Waals surface area contributed by atoms with Gasteiger partial charge < -0.3 is 5.11 Å². The number of carbonyl (C=O) groups is 1. The van der Waals surface area contributed by atoms with Crippen LogP contribution in [0, 0.1) is 6.92 Å². The van der Waals surface area contributed by atoms with Crippen molar-refractivity contribution in [3.05, 3.63) is 74.6 Å². The minimum Gasteiger partial charge on any atom is -0.506 e. The Bertz CT molecular complexity index is 1180. The molecule has 7 heteroatoms. The molecule has 0 saturated carbocycles. The van der Waals surface area contributed by atoms with Gasteiger partial charge in [0, 0.05) is 11.3 Å². The molecule has 172 valence electrons. The molecule has 0 spiro atoms. The van der Waals surface area contributed by atoms with E-state index in [1.807, 2.05) is 50.2 Å². The molecule has 3 rings (SSSR count). The topological polar surface area (TPSA) is 83.8 Å². The van der Waals surface area contributed by atoms with Crippen molar-refractivity contribution in [3.63, 3.8) is 0 Å². The van der Waals surface area contributed by atoms with Gasteiger partial charge in [0.05, 0.1) is 14.2 Å². The van der Waals surface area contributed by atoms with Gasteiger partial charge in [-0.15, -0.1) is 11.3 Å². The molecular formula is C26H26BrNO4S. The van der Waals surface area contributed by atoms with Crippen LogP contribution in [0.3, 0.4) is 0 Å². The van der Waals surface area contributed by atoms with Crippen LogP contribution >= 0.6 is 27.3 Å². The normalized spacial score (nSPS) is 11.4. The molecule has 0 saturated heterocycles. The van der Waals surface area contributed by atoms with E-state index >= 15 is 0 Å². The standard InChI is InChI=1S/C25H26BrNO2S.CO2/c1-15-6-8-17(9-7-15)20(28)14-27-16(2)21-22(29)23(30-24(21)26)18-10-12-19(13-11-18)25(3,4)5;2-1-3/h6-13,29H,14H2,1-5H3;. The van der Waals surface area contributed by atoms with Crippen LogP contribution < -0.4 is 0 Å². The number of halogens is 1. The summed E-state index contributed by atoms with van der Waals surface area (Å²) in [6.07, 6.45) is 0.250. The lowest BCUT2D eigenvalue weighted by Gasteiger charge is -2.19. The van der Waals surface area contributed by atoms with Crippen LogP contribution in [0.25, 0.3) is 10.4 Å². The van der Waals surface area contributed by atoms with Crippen LogP contribution in [0.4, 0.5) is 0 Å². The minimum atomic E-state index is -0.0433. The number of ketones is 1. The molecule has 0 amide bonds. The summed E-state index contributed by atoms with van der Waals surface area (Å²) in [5, 5.41) is 10.9. The Balaban J connectivity index is 0.00000122. The summed E-state index contributed by atoms with van der Waals surface area (Å²) < 4.78 is 0.805. The average Bonchev–Trinajstić information content (AvgIpc) is 3.06. The maximum Gasteiger partial charge on any atom is 0.373 e. The summed E-state index contributed by atoms with van der Waals surface area (Å²) in [6, 6.07) is 15.8. The van der Waals surface area contributed by atoms with Gasteiger partial charge in [-0.1, -0.05) is 74.9 Å². The molecule has 0 fully saturated rings. The zero-order chi connectivity index (χ0) is 24.8. The maximum absolute atomic E-state index is 12.4. The largest absolute Gasteiger partial charge is 0.506 e. The molecule has 1 heterocycles. The summed E-state index contributed by atoms with van der Waals surface area (Å²) in [6.45, 7) is 10.4. The lowest BCUT2D eigenvalue weighted by molar-refractivity contribution is -0.191. The van der Waals surface area contributed by atoms with E-state index in [2.05, 4.69) is 53.8 Å². The van der Waals surface area contributed by atoms with Crippen LogP contribution in [0.1, 0.15) is 54.7 Å². The van der Waals surface area contributed by atoms with Crippen LogP contribution in [0.5, 0.6) is 5.75 Å². The lowest BCUT2D eigenvalue weighted by atomic mass is 9.86. The number of hydrogen-bond acceptors (Lipinski definition) is 6. The monoisotopic (exact) mass is 527 g/mol. The first-order chi connectivity index (χ1) is 15.5. The minimum absolute atomic E-state index is 0.0433. The lowest BCUT2D eigenvalue weighted by Crippen LogP contribution is -2.10. The smallest absolute Gasteiger partial charge is 0.373 e. The van der Waals surface area contributed by atoms with Gasteiger partial charge in [-0.3, -0.25) is 9.79 Å². The van der Waals surface area contributed by atoms with Crippen molar-refractivity contribution in [2.45, 2.75) is 40.0 Å². The molecule has 0 atom stereocenters. The summed E-state index contributed by atoms with van der Waals surface area (Å²) in [7, 11) is 0. The molecule has 0 unspecified atom stereocenters. The van der Waals surface area contributed by atoms with Crippen molar-refractivity contribution < 1.29 is 19.5 Å². The average molecular weight is 528 g/mol. The van der Waals surface area contributed by atoms with Crippen molar-refractivity contribution in [1.82, 2.24) is 0 Å². The Morgan fingerprint density at radius 1 is 1.06 bits per heavy atom.